The summed E-state index contributed by atoms with van der Waals surface area (Å²) in [4.78, 5) is 22.7. The van der Waals surface area contributed by atoms with Crippen LogP contribution in [0.5, 0.6) is 0 Å². The number of amides is 1. The number of aromatic nitrogens is 1. The van der Waals surface area contributed by atoms with Crippen molar-refractivity contribution in [2.75, 3.05) is 31.6 Å². The molecule has 30 heavy (non-hydrogen) atoms. The molecule has 8 heteroatoms. The van der Waals surface area contributed by atoms with Crippen LogP contribution in [-0.2, 0) is 11.3 Å². The molecular formula is C22H37IN6O. The number of guanidine groups is 1. The fourth-order valence-corrected chi connectivity index (χ4v) is 4.55. The number of hydrogen-bond donors (Lipinski definition) is 3. The zero-order valence-corrected chi connectivity index (χ0v) is 20.4. The second-order valence-corrected chi connectivity index (χ2v) is 8.32. The number of primary amides is 1. The molecule has 2 fully saturated rings. The van der Waals surface area contributed by atoms with Crippen LogP contribution in [0.4, 0.5) is 5.82 Å². The van der Waals surface area contributed by atoms with Crippen LogP contribution >= 0.6 is 24.0 Å². The molecule has 1 saturated carbocycles. The van der Waals surface area contributed by atoms with Gasteiger partial charge in [-0.1, -0.05) is 31.7 Å². The van der Waals surface area contributed by atoms with Gasteiger partial charge in [0.05, 0.1) is 5.92 Å². The summed E-state index contributed by atoms with van der Waals surface area (Å²) in [6.07, 6.45) is 11.8. The Morgan fingerprint density at radius 1 is 1.27 bits per heavy atom. The second kappa shape index (κ2) is 13.0. The normalized spacial score (nSPS) is 20.0. The van der Waals surface area contributed by atoms with Gasteiger partial charge in [-0.3, -0.25) is 9.79 Å². The van der Waals surface area contributed by atoms with Crippen LogP contribution in [-0.4, -0.2) is 43.5 Å². The number of carbonyl (C=O) groups is 1. The van der Waals surface area contributed by atoms with Crippen molar-refractivity contribution >= 4 is 41.7 Å². The lowest BCUT2D eigenvalue weighted by atomic mass is 9.97. The molecule has 168 valence electrons. The van der Waals surface area contributed by atoms with Crippen molar-refractivity contribution < 1.29 is 4.79 Å². The molecule has 7 nitrogen and oxygen atoms in total. The van der Waals surface area contributed by atoms with E-state index in [1.54, 1.807) is 7.05 Å². The predicted octanol–water partition coefficient (Wildman–Crippen LogP) is 3.04. The molecular weight excluding hydrogens is 491 g/mol. The highest BCUT2D eigenvalue weighted by Crippen LogP contribution is 2.28. The minimum atomic E-state index is -0.215. The van der Waals surface area contributed by atoms with Crippen LogP contribution in [0.3, 0.4) is 0 Å². The van der Waals surface area contributed by atoms with Crippen molar-refractivity contribution in [3.05, 3.63) is 23.9 Å². The van der Waals surface area contributed by atoms with Gasteiger partial charge in [-0.15, -0.1) is 24.0 Å². The molecule has 1 aromatic heterocycles. The monoisotopic (exact) mass is 528 g/mol. The number of piperidine rings is 1. The third-order valence-corrected chi connectivity index (χ3v) is 6.22. The third-order valence-electron chi connectivity index (χ3n) is 6.22. The number of aliphatic imine (C=N–C) groups is 1. The standard InChI is InChI=1S/C22H36N6O.HI/c1-24-22(26-13-4-9-17-7-2-3-8-17)27-15-18-10-5-12-25-21(18)28-14-6-11-19(16-28)20(23)29;/h5,10,12,17,19H,2-4,6-9,11,13-16H2,1H3,(H2,23,29)(H2,24,26,27);1H. The highest BCUT2D eigenvalue weighted by Gasteiger charge is 2.26. The Morgan fingerprint density at radius 3 is 2.80 bits per heavy atom. The lowest BCUT2D eigenvalue weighted by Crippen LogP contribution is -2.42. The van der Waals surface area contributed by atoms with Crippen molar-refractivity contribution in [2.24, 2.45) is 22.6 Å². The Bertz CT molecular complexity index is 692. The SMILES string of the molecule is CN=C(NCCCC1CCCC1)NCc1cccnc1N1CCCC(C(N)=O)C1.I. The summed E-state index contributed by atoms with van der Waals surface area (Å²) >= 11 is 0. The van der Waals surface area contributed by atoms with E-state index in [2.05, 4.69) is 31.6 Å². The summed E-state index contributed by atoms with van der Waals surface area (Å²) in [6.45, 7) is 3.14. The Kier molecular flexibility index (Phi) is 10.7. The Morgan fingerprint density at radius 2 is 2.07 bits per heavy atom. The fourth-order valence-electron chi connectivity index (χ4n) is 4.55. The van der Waals surface area contributed by atoms with E-state index in [9.17, 15) is 4.79 Å². The molecule has 0 spiro atoms. The number of halogens is 1. The van der Waals surface area contributed by atoms with Gasteiger partial charge in [-0.05, 0) is 37.7 Å². The molecule has 0 radical (unpaired) electrons. The third kappa shape index (κ3) is 7.28. The molecule has 1 atom stereocenters. The highest BCUT2D eigenvalue weighted by atomic mass is 127. The average molecular weight is 528 g/mol. The summed E-state index contributed by atoms with van der Waals surface area (Å²) in [5.74, 6) is 2.37. The van der Waals surface area contributed by atoms with Gasteiger partial charge in [-0.25, -0.2) is 4.98 Å². The number of anilines is 1. The number of rotatable bonds is 8. The maximum absolute atomic E-state index is 11.6. The summed E-state index contributed by atoms with van der Waals surface area (Å²) in [7, 11) is 1.80. The fraction of sp³-hybridized carbons (Fsp3) is 0.682. The minimum Gasteiger partial charge on any atom is -0.369 e. The summed E-state index contributed by atoms with van der Waals surface area (Å²) in [6, 6.07) is 4.03. The van der Waals surface area contributed by atoms with E-state index in [4.69, 9.17) is 5.73 Å². The maximum Gasteiger partial charge on any atom is 0.222 e. The molecule has 1 aromatic rings. The van der Waals surface area contributed by atoms with Gasteiger partial charge >= 0.3 is 0 Å². The summed E-state index contributed by atoms with van der Waals surface area (Å²) in [5, 5.41) is 6.84. The topological polar surface area (TPSA) is 95.6 Å². The van der Waals surface area contributed by atoms with Gasteiger partial charge in [-0.2, -0.15) is 0 Å². The molecule has 3 rings (SSSR count). The largest absolute Gasteiger partial charge is 0.369 e. The van der Waals surface area contributed by atoms with Crippen molar-refractivity contribution in [3.8, 4) is 0 Å². The molecule has 0 bridgehead atoms. The van der Waals surface area contributed by atoms with Crippen LogP contribution in [0.15, 0.2) is 23.3 Å². The van der Waals surface area contributed by atoms with Crippen LogP contribution in [0, 0.1) is 11.8 Å². The lowest BCUT2D eigenvalue weighted by Gasteiger charge is -2.33. The van der Waals surface area contributed by atoms with E-state index in [-0.39, 0.29) is 35.8 Å². The maximum atomic E-state index is 11.6. The molecule has 0 aromatic carbocycles. The van der Waals surface area contributed by atoms with Crippen molar-refractivity contribution in [2.45, 2.75) is 57.9 Å². The first-order chi connectivity index (χ1) is 14.2. The van der Waals surface area contributed by atoms with E-state index in [0.717, 1.165) is 49.2 Å². The Labute approximate surface area is 197 Å². The number of nitrogens with zero attached hydrogens (tertiary/aromatic N) is 3. The zero-order chi connectivity index (χ0) is 20.5. The van der Waals surface area contributed by atoms with E-state index < -0.39 is 0 Å². The van der Waals surface area contributed by atoms with Gasteiger partial charge in [0, 0.05) is 45.0 Å². The molecule has 2 heterocycles. The molecule has 1 saturated heterocycles. The quantitative estimate of drug-likeness (QED) is 0.209. The van der Waals surface area contributed by atoms with Crippen molar-refractivity contribution in [1.82, 2.24) is 15.6 Å². The first-order valence-corrected chi connectivity index (χ1v) is 11.1. The number of nitrogens with one attached hydrogen (secondary N) is 2. The van der Waals surface area contributed by atoms with Crippen LogP contribution in [0.25, 0.3) is 0 Å². The van der Waals surface area contributed by atoms with E-state index in [0.29, 0.717) is 13.1 Å². The van der Waals surface area contributed by atoms with Gasteiger partial charge < -0.3 is 21.3 Å². The molecule has 2 aliphatic rings. The van der Waals surface area contributed by atoms with Gasteiger partial charge in [0.15, 0.2) is 5.96 Å². The average Bonchev–Trinajstić information content (AvgIpc) is 3.27. The van der Waals surface area contributed by atoms with Crippen LogP contribution in [0.1, 0.15) is 56.9 Å². The predicted molar refractivity (Wildman–Crippen MR) is 133 cm³/mol. The number of carbonyl (C=O) groups excluding carboxylic acids is 1. The highest BCUT2D eigenvalue weighted by molar-refractivity contribution is 14.0. The summed E-state index contributed by atoms with van der Waals surface area (Å²) < 4.78 is 0. The molecule has 1 aliphatic heterocycles. The van der Waals surface area contributed by atoms with Gasteiger partial charge in [0.2, 0.25) is 5.91 Å². The first-order valence-electron chi connectivity index (χ1n) is 11.1. The van der Waals surface area contributed by atoms with E-state index in [1.165, 1.54) is 38.5 Å². The van der Waals surface area contributed by atoms with Gasteiger partial charge in [0.25, 0.3) is 0 Å². The van der Waals surface area contributed by atoms with E-state index >= 15 is 0 Å². The molecule has 1 unspecified atom stereocenters. The minimum absolute atomic E-state index is 0. The Hall–Kier alpha value is -1.58. The van der Waals surface area contributed by atoms with Crippen molar-refractivity contribution in [3.63, 3.8) is 0 Å². The smallest absolute Gasteiger partial charge is 0.222 e. The number of nitrogens with two attached hydrogens (primary N) is 1. The second-order valence-electron chi connectivity index (χ2n) is 8.32. The Balaban J connectivity index is 0.00000320. The number of pyridine rings is 1. The van der Waals surface area contributed by atoms with Gasteiger partial charge in [0.1, 0.15) is 5.82 Å². The lowest BCUT2D eigenvalue weighted by molar-refractivity contribution is -0.122. The molecule has 4 N–H and O–H groups in total. The molecule has 1 aliphatic carbocycles. The molecule has 1 amide bonds. The number of hydrogen-bond acceptors (Lipinski definition) is 4. The summed E-state index contributed by atoms with van der Waals surface area (Å²) in [5.41, 5.74) is 6.64. The zero-order valence-electron chi connectivity index (χ0n) is 18.1. The van der Waals surface area contributed by atoms with E-state index in [1.807, 2.05) is 12.3 Å². The first kappa shape index (κ1) is 24.7. The van der Waals surface area contributed by atoms with Crippen LogP contribution in [0.2, 0.25) is 0 Å². The van der Waals surface area contributed by atoms with Crippen LogP contribution < -0.4 is 21.3 Å². The van der Waals surface area contributed by atoms with Crippen molar-refractivity contribution in [1.29, 1.82) is 0 Å².